The molecule has 86 valence electrons. The number of hydrogen-bond acceptors (Lipinski definition) is 0. The lowest BCUT2D eigenvalue weighted by atomic mass is 10.0. The maximum atomic E-state index is 5.90. The molecule has 0 spiro atoms. The molecule has 17 heavy (non-hydrogen) atoms. The Bertz CT molecular complexity index is 495. The molecule has 1 heteroatoms. The lowest BCUT2D eigenvalue weighted by Crippen LogP contribution is -1.83. The molecule has 0 bridgehead atoms. The Morgan fingerprint density at radius 2 is 1.65 bits per heavy atom. The summed E-state index contributed by atoms with van der Waals surface area (Å²) in [6.45, 7) is 2.17. The van der Waals surface area contributed by atoms with Crippen LogP contribution in [0.5, 0.6) is 0 Å². The molecular weight excluding hydrogens is 228 g/mol. The number of allylic oxidation sites excluding steroid dienone is 1. The van der Waals surface area contributed by atoms with Gasteiger partial charge in [0.05, 0.1) is 0 Å². The highest BCUT2D eigenvalue weighted by molar-refractivity contribution is 6.30. The van der Waals surface area contributed by atoms with Crippen molar-refractivity contribution in [1.29, 1.82) is 0 Å². The summed E-state index contributed by atoms with van der Waals surface area (Å²) in [6, 6.07) is 18.4. The van der Waals surface area contributed by atoms with Crippen molar-refractivity contribution < 1.29 is 0 Å². The highest BCUT2D eigenvalue weighted by Gasteiger charge is 1.99. The van der Waals surface area contributed by atoms with Crippen LogP contribution in [0.3, 0.4) is 0 Å². The Hall–Kier alpha value is -1.53. The molecule has 0 N–H and O–H groups in total. The average molecular weight is 243 g/mol. The van der Waals surface area contributed by atoms with Crippen molar-refractivity contribution in [2.75, 3.05) is 0 Å². The van der Waals surface area contributed by atoms with Crippen LogP contribution in [0, 0.1) is 0 Å². The van der Waals surface area contributed by atoms with Gasteiger partial charge in [-0.15, -0.1) is 0 Å². The molecule has 0 nitrogen and oxygen atoms in total. The molecule has 0 radical (unpaired) electrons. The maximum Gasteiger partial charge on any atom is 0.0406 e. The van der Waals surface area contributed by atoms with Gasteiger partial charge >= 0.3 is 0 Å². The summed E-state index contributed by atoms with van der Waals surface area (Å²) in [7, 11) is 0. The predicted octanol–water partition coefficient (Wildman–Crippen LogP) is 5.29. The smallest absolute Gasteiger partial charge is 0.0406 e. The van der Waals surface area contributed by atoms with Gasteiger partial charge in [0, 0.05) is 5.02 Å². The Morgan fingerprint density at radius 3 is 2.24 bits per heavy atom. The molecule has 0 aliphatic carbocycles. The van der Waals surface area contributed by atoms with Crippen LogP contribution in [0.1, 0.15) is 24.5 Å². The Kier molecular flexibility index (Phi) is 4.00. The fraction of sp³-hybridized carbons (Fsp3) is 0.125. The fourth-order valence-corrected chi connectivity index (χ4v) is 1.93. The lowest BCUT2D eigenvalue weighted by Gasteiger charge is -2.05. The molecule has 0 unspecified atom stereocenters. The first-order valence-corrected chi connectivity index (χ1v) is 6.19. The van der Waals surface area contributed by atoms with Crippen molar-refractivity contribution in [3.8, 4) is 0 Å². The summed E-state index contributed by atoms with van der Waals surface area (Å²) in [5, 5.41) is 0.781. The van der Waals surface area contributed by atoms with Crippen LogP contribution < -0.4 is 0 Å². The summed E-state index contributed by atoms with van der Waals surface area (Å²) in [5.74, 6) is 0. The van der Waals surface area contributed by atoms with E-state index in [4.69, 9.17) is 11.6 Å². The summed E-state index contributed by atoms with van der Waals surface area (Å²) in [5.41, 5.74) is 3.80. The minimum absolute atomic E-state index is 0.781. The fourth-order valence-electron chi connectivity index (χ4n) is 1.80. The zero-order valence-corrected chi connectivity index (χ0v) is 10.6. The van der Waals surface area contributed by atoms with Crippen molar-refractivity contribution in [2.24, 2.45) is 0 Å². The third-order valence-corrected chi connectivity index (χ3v) is 2.99. The van der Waals surface area contributed by atoms with E-state index in [0.717, 1.165) is 11.4 Å². The van der Waals surface area contributed by atoms with Gasteiger partial charge in [-0.25, -0.2) is 0 Å². The molecule has 0 atom stereocenters. The van der Waals surface area contributed by atoms with E-state index in [1.165, 1.54) is 16.7 Å². The molecular formula is C16H15Cl. The third-order valence-electron chi connectivity index (χ3n) is 2.74. The zero-order valence-electron chi connectivity index (χ0n) is 9.86. The maximum absolute atomic E-state index is 5.90. The highest BCUT2D eigenvalue weighted by Crippen LogP contribution is 2.22. The van der Waals surface area contributed by atoms with Gasteiger partial charge in [-0.2, -0.15) is 0 Å². The van der Waals surface area contributed by atoms with Crippen molar-refractivity contribution in [3.05, 3.63) is 70.7 Å². The van der Waals surface area contributed by atoms with Crippen LogP contribution in [-0.2, 0) is 0 Å². The lowest BCUT2D eigenvalue weighted by molar-refractivity contribution is 1.25. The van der Waals surface area contributed by atoms with Crippen molar-refractivity contribution in [3.63, 3.8) is 0 Å². The molecule has 2 rings (SSSR count). The molecule has 0 amide bonds. The number of halogens is 1. The van der Waals surface area contributed by atoms with Gasteiger partial charge in [-0.05, 0) is 35.3 Å². The molecule has 2 aromatic carbocycles. The Morgan fingerprint density at radius 1 is 1.00 bits per heavy atom. The second-order valence-electron chi connectivity index (χ2n) is 3.94. The van der Waals surface area contributed by atoms with E-state index in [9.17, 15) is 0 Å². The molecule has 2 aromatic rings. The molecule has 0 aliphatic rings. The predicted molar refractivity (Wildman–Crippen MR) is 76.1 cm³/mol. The minimum Gasteiger partial charge on any atom is -0.0843 e. The van der Waals surface area contributed by atoms with E-state index in [-0.39, 0.29) is 0 Å². The topological polar surface area (TPSA) is 0 Å². The van der Waals surface area contributed by atoms with Crippen LogP contribution in [0.15, 0.2) is 54.6 Å². The Labute approximate surface area is 108 Å². The second-order valence-corrected chi connectivity index (χ2v) is 4.38. The van der Waals surface area contributed by atoms with Crippen molar-refractivity contribution in [2.45, 2.75) is 13.3 Å². The molecule has 0 saturated carbocycles. The number of rotatable bonds is 3. The third kappa shape index (κ3) is 3.21. The zero-order chi connectivity index (χ0) is 12.1. The quantitative estimate of drug-likeness (QED) is 0.642. The normalized spacial score (nSPS) is 11.5. The first-order chi connectivity index (χ1) is 8.29. The van der Waals surface area contributed by atoms with E-state index >= 15 is 0 Å². The summed E-state index contributed by atoms with van der Waals surface area (Å²) >= 11 is 5.90. The van der Waals surface area contributed by atoms with Gasteiger partial charge < -0.3 is 0 Å². The van der Waals surface area contributed by atoms with Gasteiger partial charge in [0.15, 0.2) is 0 Å². The van der Waals surface area contributed by atoms with Crippen LogP contribution in [0.4, 0.5) is 0 Å². The van der Waals surface area contributed by atoms with Crippen molar-refractivity contribution in [1.82, 2.24) is 0 Å². The Balaban J connectivity index is 2.34. The monoisotopic (exact) mass is 242 g/mol. The van der Waals surface area contributed by atoms with E-state index in [1.807, 2.05) is 18.2 Å². The van der Waals surface area contributed by atoms with Gasteiger partial charge in [0.2, 0.25) is 0 Å². The highest BCUT2D eigenvalue weighted by atomic mass is 35.5. The first kappa shape index (κ1) is 11.9. The minimum atomic E-state index is 0.781. The van der Waals surface area contributed by atoms with E-state index in [2.05, 4.69) is 49.4 Å². The van der Waals surface area contributed by atoms with E-state index in [0.29, 0.717) is 0 Å². The molecule has 0 aliphatic heterocycles. The largest absolute Gasteiger partial charge is 0.0843 e. The number of benzene rings is 2. The van der Waals surface area contributed by atoms with Crippen LogP contribution in [0.25, 0.3) is 11.6 Å². The average Bonchev–Trinajstić information content (AvgIpc) is 2.38. The molecule has 0 aromatic heterocycles. The molecule has 0 heterocycles. The molecule has 0 saturated heterocycles. The van der Waals surface area contributed by atoms with Gasteiger partial charge in [-0.1, -0.05) is 67.1 Å². The van der Waals surface area contributed by atoms with Crippen LogP contribution in [-0.4, -0.2) is 0 Å². The van der Waals surface area contributed by atoms with E-state index < -0.39 is 0 Å². The summed E-state index contributed by atoms with van der Waals surface area (Å²) < 4.78 is 0. The van der Waals surface area contributed by atoms with Crippen molar-refractivity contribution >= 4 is 23.3 Å². The SMILES string of the molecule is CC/C(=C\c1ccccc1)c1ccc(Cl)cc1. The van der Waals surface area contributed by atoms with Gasteiger partial charge in [0.1, 0.15) is 0 Å². The van der Waals surface area contributed by atoms with E-state index in [1.54, 1.807) is 0 Å². The van der Waals surface area contributed by atoms with Crippen LogP contribution >= 0.6 is 11.6 Å². The number of hydrogen-bond donors (Lipinski definition) is 0. The van der Waals surface area contributed by atoms with Gasteiger partial charge in [0.25, 0.3) is 0 Å². The van der Waals surface area contributed by atoms with Crippen LogP contribution in [0.2, 0.25) is 5.02 Å². The summed E-state index contributed by atoms with van der Waals surface area (Å²) in [6.07, 6.45) is 3.24. The molecule has 0 fully saturated rings. The standard InChI is InChI=1S/C16H15Cl/c1-2-14(12-13-6-4-3-5-7-13)15-8-10-16(17)11-9-15/h3-12H,2H2,1H3/b14-12+. The second kappa shape index (κ2) is 5.70. The van der Waals surface area contributed by atoms with Gasteiger partial charge in [-0.3, -0.25) is 0 Å². The first-order valence-electron chi connectivity index (χ1n) is 5.81. The summed E-state index contributed by atoms with van der Waals surface area (Å²) in [4.78, 5) is 0.